The van der Waals surface area contributed by atoms with E-state index >= 15 is 0 Å². The molecule has 4 heteroatoms. The summed E-state index contributed by atoms with van der Waals surface area (Å²) in [4.78, 5) is 8.33. The Morgan fingerprint density at radius 1 is 1.26 bits per heavy atom. The number of nitrogens with zero attached hydrogens (tertiary/aromatic N) is 2. The van der Waals surface area contributed by atoms with Crippen LogP contribution in [-0.2, 0) is 0 Å². The van der Waals surface area contributed by atoms with Crippen LogP contribution in [0.5, 0.6) is 5.88 Å². The van der Waals surface area contributed by atoms with Gasteiger partial charge in [0.15, 0.2) is 0 Å². The van der Waals surface area contributed by atoms with Crippen LogP contribution in [0.1, 0.15) is 52.4 Å². The Bertz CT molecular complexity index is 375. The fourth-order valence-electron chi connectivity index (χ4n) is 2.62. The maximum absolute atomic E-state index is 5.56. The van der Waals surface area contributed by atoms with Crippen molar-refractivity contribution in [3.8, 4) is 5.88 Å². The molecule has 1 heterocycles. The van der Waals surface area contributed by atoms with Crippen molar-refractivity contribution in [2.45, 2.75) is 58.5 Å². The normalized spacial score (nSPS) is 16.6. The number of hydrogen-bond acceptors (Lipinski definition) is 4. The van der Waals surface area contributed by atoms with E-state index in [0.29, 0.717) is 5.88 Å². The first-order chi connectivity index (χ1) is 9.24. The van der Waals surface area contributed by atoms with Crippen LogP contribution in [0.15, 0.2) is 12.4 Å². The van der Waals surface area contributed by atoms with E-state index in [1.54, 1.807) is 6.33 Å². The second-order valence-corrected chi connectivity index (χ2v) is 5.63. The highest BCUT2D eigenvalue weighted by Crippen LogP contribution is 2.26. The molecule has 0 bridgehead atoms. The quantitative estimate of drug-likeness (QED) is 0.851. The van der Waals surface area contributed by atoms with E-state index in [2.05, 4.69) is 15.3 Å². The van der Waals surface area contributed by atoms with Crippen molar-refractivity contribution in [1.82, 2.24) is 9.97 Å². The maximum atomic E-state index is 5.56. The molecule has 0 spiro atoms. The Morgan fingerprint density at radius 2 is 2.05 bits per heavy atom. The van der Waals surface area contributed by atoms with Gasteiger partial charge in [0, 0.05) is 12.6 Å². The molecule has 4 nitrogen and oxygen atoms in total. The summed E-state index contributed by atoms with van der Waals surface area (Å²) >= 11 is 0. The summed E-state index contributed by atoms with van der Waals surface area (Å²) in [6, 6.07) is 1.88. The molecule has 0 amide bonds. The van der Waals surface area contributed by atoms with Gasteiger partial charge in [0.05, 0.1) is 6.10 Å². The lowest BCUT2D eigenvalue weighted by molar-refractivity contribution is 0.232. The molecule has 0 aliphatic heterocycles. The fourth-order valence-corrected chi connectivity index (χ4v) is 2.62. The van der Waals surface area contributed by atoms with Gasteiger partial charge >= 0.3 is 0 Å². The van der Waals surface area contributed by atoms with Crippen molar-refractivity contribution in [3.63, 3.8) is 0 Å². The van der Waals surface area contributed by atoms with E-state index in [4.69, 9.17) is 4.74 Å². The third-order valence-corrected chi connectivity index (χ3v) is 3.58. The van der Waals surface area contributed by atoms with Gasteiger partial charge < -0.3 is 10.1 Å². The first-order valence-electron chi connectivity index (χ1n) is 7.46. The van der Waals surface area contributed by atoms with E-state index in [9.17, 15) is 0 Å². The van der Waals surface area contributed by atoms with Crippen LogP contribution < -0.4 is 10.1 Å². The van der Waals surface area contributed by atoms with Crippen molar-refractivity contribution >= 4 is 5.82 Å². The van der Waals surface area contributed by atoms with Crippen LogP contribution in [0.2, 0.25) is 0 Å². The van der Waals surface area contributed by atoms with Gasteiger partial charge in [-0.2, -0.15) is 0 Å². The highest BCUT2D eigenvalue weighted by molar-refractivity contribution is 5.36. The molecule has 2 rings (SSSR count). The molecule has 0 aromatic carbocycles. The van der Waals surface area contributed by atoms with Crippen LogP contribution in [0.4, 0.5) is 5.82 Å². The van der Waals surface area contributed by atoms with Gasteiger partial charge in [-0.05, 0) is 26.2 Å². The Balaban J connectivity index is 1.75. The summed E-state index contributed by atoms with van der Waals surface area (Å²) < 4.78 is 5.56. The van der Waals surface area contributed by atoms with Gasteiger partial charge in [0.25, 0.3) is 0 Å². The third kappa shape index (κ3) is 5.05. The van der Waals surface area contributed by atoms with Gasteiger partial charge in [-0.15, -0.1) is 0 Å². The molecule has 1 aliphatic rings. The number of aromatic nitrogens is 2. The van der Waals surface area contributed by atoms with Crippen LogP contribution in [0.3, 0.4) is 0 Å². The molecule has 106 valence electrons. The lowest BCUT2D eigenvalue weighted by Crippen LogP contribution is -2.13. The topological polar surface area (TPSA) is 47.0 Å². The first kappa shape index (κ1) is 14.1. The Labute approximate surface area is 116 Å². The predicted molar refractivity (Wildman–Crippen MR) is 77.5 cm³/mol. The van der Waals surface area contributed by atoms with Crippen molar-refractivity contribution in [2.75, 3.05) is 11.9 Å². The van der Waals surface area contributed by atoms with Crippen molar-refractivity contribution in [1.29, 1.82) is 0 Å². The number of anilines is 1. The van der Waals surface area contributed by atoms with E-state index in [-0.39, 0.29) is 6.10 Å². The zero-order valence-corrected chi connectivity index (χ0v) is 12.1. The van der Waals surface area contributed by atoms with Crippen LogP contribution in [0.25, 0.3) is 0 Å². The minimum atomic E-state index is 0.144. The summed E-state index contributed by atoms with van der Waals surface area (Å²) in [5.41, 5.74) is 0. The molecule has 0 unspecified atom stereocenters. The molecule has 1 aliphatic carbocycles. The molecule has 1 aromatic rings. The molecular formula is C15H25N3O. The lowest BCUT2D eigenvalue weighted by atomic mass is 9.87. The van der Waals surface area contributed by atoms with Crippen LogP contribution in [0, 0.1) is 5.92 Å². The molecule has 19 heavy (non-hydrogen) atoms. The highest BCUT2D eigenvalue weighted by atomic mass is 16.5. The summed E-state index contributed by atoms with van der Waals surface area (Å²) in [5.74, 6) is 2.40. The molecule has 1 aromatic heterocycles. The molecular weight excluding hydrogens is 238 g/mol. The zero-order valence-electron chi connectivity index (χ0n) is 12.1. The van der Waals surface area contributed by atoms with E-state index < -0.39 is 0 Å². The van der Waals surface area contributed by atoms with Gasteiger partial charge in [-0.25, -0.2) is 9.97 Å². The predicted octanol–water partition coefficient (Wildman–Crippen LogP) is 3.65. The van der Waals surface area contributed by atoms with Crippen molar-refractivity contribution in [3.05, 3.63) is 12.4 Å². The number of hydrogen-bond donors (Lipinski definition) is 1. The molecule has 0 radical (unpaired) electrons. The van der Waals surface area contributed by atoms with Gasteiger partial charge in [-0.3, -0.25) is 0 Å². The monoisotopic (exact) mass is 263 g/mol. The molecule has 0 atom stereocenters. The van der Waals surface area contributed by atoms with E-state index in [1.807, 2.05) is 19.9 Å². The minimum absolute atomic E-state index is 0.144. The molecule has 1 saturated carbocycles. The third-order valence-electron chi connectivity index (χ3n) is 3.58. The Hall–Kier alpha value is -1.32. The van der Waals surface area contributed by atoms with Crippen molar-refractivity contribution < 1.29 is 4.74 Å². The number of nitrogens with one attached hydrogen (secondary N) is 1. The first-order valence-corrected chi connectivity index (χ1v) is 7.46. The second kappa shape index (κ2) is 7.31. The van der Waals surface area contributed by atoms with Gasteiger partial charge in [0.1, 0.15) is 12.1 Å². The van der Waals surface area contributed by atoms with Crippen LogP contribution >= 0.6 is 0 Å². The lowest BCUT2D eigenvalue weighted by Gasteiger charge is -2.21. The summed E-state index contributed by atoms with van der Waals surface area (Å²) in [5, 5.41) is 3.37. The minimum Gasteiger partial charge on any atom is -0.475 e. The SMILES string of the molecule is CC(C)Oc1cc(NCCC2CCCCC2)ncn1. The van der Waals surface area contributed by atoms with Crippen LogP contribution in [-0.4, -0.2) is 22.6 Å². The fraction of sp³-hybridized carbons (Fsp3) is 0.733. The molecule has 1 N–H and O–H groups in total. The van der Waals surface area contributed by atoms with E-state index in [1.165, 1.54) is 38.5 Å². The largest absolute Gasteiger partial charge is 0.475 e. The molecule has 1 fully saturated rings. The Kier molecular flexibility index (Phi) is 5.43. The summed E-state index contributed by atoms with van der Waals surface area (Å²) in [7, 11) is 0. The highest BCUT2D eigenvalue weighted by Gasteiger charge is 2.12. The Morgan fingerprint density at radius 3 is 2.79 bits per heavy atom. The van der Waals surface area contributed by atoms with E-state index in [0.717, 1.165) is 18.3 Å². The zero-order chi connectivity index (χ0) is 13.5. The number of ether oxygens (including phenoxy) is 1. The average Bonchev–Trinajstić information content (AvgIpc) is 2.40. The van der Waals surface area contributed by atoms with Gasteiger partial charge in [-0.1, -0.05) is 32.1 Å². The summed E-state index contributed by atoms with van der Waals surface area (Å²) in [6.07, 6.45) is 9.97. The summed E-state index contributed by atoms with van der Waals surface area (Å²) in [6.45, 7) is 4.99. The smallest absolute Gasteiger partial charge is 0.218 e. The standard InChI is InChI=1S/C15H25N3O/c1-12(2)19-15-10-14(17-11-18-15)16-9-8-13-6-4-3-5-7-13/h10-13H,3-9H2,1-2H3,(H,16,17,18). The van der Waals surface area contributed by atoms with Gasteiger partial charge in [0.2, 0.25) is 5.88 Å². The average molecular weight is 263 g/mol. The maximum Gasteiger partial charge on any atom is 0.218 e. The van der Waals surface area contributed by atoms with Crippen molar-refractivity contribution in [2.24, 2.45) is 5.92 Å². The second-order valence-electron chi connectivity index (χ2n) is 5.63. The number of rotatable bonds is 6. The molecule has 0 saturated heterocycles.